The lowest BCUT2D eigenvalue weighted by molar-refractivity contribution is 0.0706. The van der Waals surface area contributed by atoms with Gasteiger partial charge in [-0.25, -0.2) is 14.0 Å². The molecule has 0 bridgehead atoms. The van der Waals surface area contributed by atoms with Crippen molar-refractivity contribution in [2.75, 3.05) is 19.7 Å². The molecule has 7 heteroatoms. The molecule has 0 aliphatic carbocycles. The first-order valence-corrected chi connectivity index (χ1v) is 10.3. The Morgan fingerprint density at radius 1 is 1.07 bits per heavy atom. The van der Waals surface area contributed by atoms with Crippen LogP contribution in [0.25, 0.3) is 5.69 Å². The van der Waals surface area contributed by atoms with Crippen molar-refractivity contribution < 1.29 is 9.53 Å². The third kappa shape index (κ3) is 3.75. The number of benzene rings is 2. The molecule has 0 N–H and O–H groups in total. The maximum absolute atomic E-state index is 13.1. The molecule has 2 heterocycles. The van der Waals surface area contributed by atoms with Crippen LogP contribution in [0.4, 0.5) is 0 Å². The second-order valence-corrected chi connectivity index (χ2v) is 7.43. The Balaban J connectivity index is 1.53. The van der Waals surface area contributed by atoms with Crippen LogP contribution in [0.1, 0.15) is 41.9 Å². The van der Waals surface area contributed by atoms with E-state index in [0.717, 1.165) is 24.4 Å². The molecule has 1 aliphatic heterocycles. The zero-order valence-corrected chi connectivity index (χ0v) is 17.3. The minimum Gasteiger partial charge on any atom is -0.493 e. The van der Waals surface area contributed by atoms with Gasteiger partial charge >= 0.3 is 5.69 Å². The number of hydrogen-bond acceptors (Lipinski definition) is 4. The SMILES string of the molecule is CCOc1ccccc1C(=O)N1CCC(c2nn(C)c(=O)n2-c2ccccc2)CC1. The van der Waals surface area contributed by atoms with Crippen molar-refractivity contribution in [3.8, 4) is 11.4 Å². The van der Waals surface area contributed by atoms with E-state index in [4.69, 9.17) is 4.74 Å². The van der Waals surface area contributed by atoms with Crippen LogP contribution in [0.3, 0.4) is 0 Å². The summed E-state index contributed by atoms with van der Waals surface area (Å²) in [6, 6.07) is 16.9. The number of piperidine rings is 1. The molecular weight excluding hydrogens is 380 g/mol. The normalized spacial score (nSPS) is 14.7. The monoisotopic (exact) mass is 406 g/mol. The highest BCUT2D eigenvalue weighted by molar-refractivity contribution is 5.97. The topological polar surface area (TPSA) is 69.4 Å². The summed E-state index contributed by atoms with van der Waals surface area (Å²) in [4.78, 5) is 27.6. The number of aromatic nitrogens is 3. The number of amides is 1. The lowest BCUT2D eigenvalue weighted by atomic mass is 9.95. The van der Waals surface area contributed by atoms with E-state index >= 15 is 0 Å². The standard InChI is InChI=1S/C23H26N4O3/c1-3-30-20-12-8-7-11-19(20)22(28)26-15-13-17(14-16-26)21-24-25(2)23(29)27(21)18-9-5-4-6-10-18/h4-12,17H,3,13-16H2,1-2H3. The largest absolute Gasteiger partial charge is 0.493 e. The number of para-hydroxylation sites is 2. The van der Waals surface area contributed by atoms with Gasteiger partial charge in [0.15, 0.2) is 0 Å². The first-order chi connectivity index (χ1) is 14.6. The van der Waals surface area contributed by atoms with Crippen molar-refractivity contribution in [1.82, 2.24) is 19.2 Å². The van der Waals surface area contributed by atoms with Gasteiger partial charge in [0.05, 0.1) is 17.9 Å². The Morgan fingerprint density at radius 3 is 2.43 bits per heavy atom. The fraction of sp³-hybridized carbons (Fsp3) is 0.348. The van der Waals surface area contributed by atoms with Gasteiger partial charge in [-0.1, -0.05) is 30.3 Å². The summed E-state index contributed by atoms with van der Waals surface area (Å²) in [7, 11) is 1.68. The number of ether oxygens (including phenoxy) is 1. The quantitative estimate of drug-likeness (QED) is 0.653. The van der Waals surface area contributed by atoms with E-state index in [9.17, 15) is 9.59 Å². The fourth-order valence-electron chi connectivity index (χ4n) is 4.00. The van der Waals surface area contributed by atoms with E-state index in [1.165, 1.54) is 4.68 Å². The third-order valence-electron chi connectivity index (χ3n) is 5.53. The molecule has 1 saturated heterocycles. The second-order valence-electron chi connectivity index (χ2n) is 7.43. The highest BCUT2D eigenvalue weighted by Gasteiger charge is 2.30. The molecule has 0 unspecified atom stereocenters. The third-order valence-corrected chi connectivity index (χ3v) is 5.53. The number of aryl methyl sites for hydroxylation is 1. The van der Waals surface area contributed by atoms with Gasteiger partial charge in [0.25, 0.3) is 5.91 Å². The second kappa shape index (κ2) is 8.57. The predicted molar refractivity (Wildman–Crippen MR) is 114 cm³/mol. The van der Waals surface area contributed by atoms with Crippen molar-refractivity contribution in [2.45, 2.75) is 25.7 Å². The smallest absolute Gasteiger partial charge is 0.350 e. The van der Waals surface area contributed by atoms with Crippen molar-refractivity contribution in [1.29, 1.82) is 0 Å². The maximum atomic E-state index is 13.1. The molecule has 0 spiro atoms. The Labute approximate surface area is 175 Å². The van der Waals surface area contributed by atoms with Gasteiger partial charge in [0.1, 0.15) is 11.6 Å². The highest BCUT2D eigenvalue weighted by atomic mass is 16.5. The molecule has 0 atom stereocenters. The van der Waals surface area contributed by atoms with E-state index in [2.05, 4.69) is 5.10 Å². The van der Waals surface area contributed by atoms with E-state index < -0.39 is 0 Å². The Morgan fingerprint density at radius 2 is 1.73 bits per heavy atom. The molecule has 3 aromatic rings. The van der Waals surface area contributed by atoms with E-state index in [1.54, 1.807) is 11.6 Å². The summed E-state index contributed by atoms with van der Waals surface area (Å²) in [6.07, 6.45) is 1.51. The predicted octanol–water partition coefficient (Wildman–Crippen LogP) is 2.99. The molecule has 1 aromatic heterocycles. The van der Waals surface area contributed by atoms with Crippen molar-refractivity contribution in [2.24, 2.45) is 7.05 Å². The van der Waals surface area contributed by atoms with Crippen LogP contribution in [-0.4, -0.2) is 44.9 Å². The zero-order chi connectivity index (χ0) is 21.1. The summed E-state index contributed by atoms with van der Waals surface area (Å²) in [5.74, 6) is 1.48. The number of carbonyl (C=O) groups excluding carboxylic acids is 1. The molecule has 7 nitrogen and oxygen atoms in total. The van der Waals surface area contributed by atoms with Crippen LogP contribution >= 0.6 is 0 Å². The molecule has 0 saturated carbocycles. The molecule has 1 amide bonds. The zero-order valence-electron chi connectivity index (χ0n) is 17.3. The molecule has 1 aliphatic rings. The van der Waals surface area contributed by atoms with Crippen molar-refractivity contribution in [3.05, 3.63) is 76.5 Å². The van der Waals surface area contributed by atoms with E-state index in [0.29, 0.717) is 31.0 Å². The van der Waals surface area contributed by atoms with Gasteiger partial charge < -0.3 is 9.64 Å². The minimum atomic E-state index is -0.152. The number of carbonyl (C=O) groups is 1. The lowest BCUT2D eigenvalue weighted by Crippen LogP contribution is -2.38. The van der Waals surface area contributed by atoms with Crippen molar-refractivity contribution >= 4 is 5.91 Å². The highest BCUT2D eigenvalue weighted by Crippen LogP contribution is 2.29. The molecule has 1 fully saturated rings. The van der Waals surface area contributed by atoms with Crippen LogP contribution in [0, 0.1) is 0 Å². The molecule has 2 aromatic carbocycles. The van der Waals surface area contributed by atoms with Gasteiger partial charge in [-0.3, -0.25) is 4.79 Å². The maximum Gasteiger partial charge on any atom is 0.350 e. The van der Waals surface area contributed by atoms with Gasteiger partial charge in [-0.15, -0.1) is 0 Å². The average Bonchev–Trinajstić information content (AvgIpc) is 3.09. The summed E-state index contributed by atoms with van der Waals surface area (Å²) in [5.41, 5.74) is 1.26. The Bertz CT molecular complexity index is 1080. The molecule has 156 valence electrons. The van der Waals surface area contributed by atoms with Gasteiger partial charge in [-0.05, 0) is 44.0 Å². The number of hydrogen-bond donors (Lipinski definition) is 0. The van der Waals surface area contributed by atoms with Gasteiger partial charge in [-0.2, -0.15) is 5.10 Å². The van der Waals surface area contributed by atoms with E-state index in [-0.39, 0.29) is 17.5 Å². The van der Waals surface area contributed by atoms with Crippen LogP contribution in [0.15, 0.2) is 59.4 Å². The molecular formula is C23H26N4O3. The first-order valence-electron chi connectivity index (χ1n) is 10.3. The van der Waals surface area contributed by atoms with E-state index in [1.807, 2.05) is 66.4 Å². The first kappa shape index (κ1) is 19.9. The Hall–Kier alpha value is -3.35. The summed E-state index contributed by atoms with van der Waals surface area (Å²) < 4.78 is 8.70. The van der Waals surface area contributed by atoms with Gasteiger partial charge in [0.2, 0.25) is 0 Å². The van der Waals surface area contributed by atoms with Crippen molar-refractivity contribution in [3.63, 3.8) is 0 Å². The minimum absolute atomic E-state index is 0.0148. The lowest BCUT2D eigenvalue weighted by Gasteiger charge is -2.32. The summed E-state index contributed by atoms with van der Waals surface area (Å²) in [6.45, 7) is 3.65. The molecule has 0 radical (unpaired) electrons. The van der Waals surface area contributed by atoms with Crippen LogP contribution in [-0.2, 0) is 7.05 Å². The summed E-state index contributed by atoms with van der Waals surface area (Å²) in [5, 5.41) is 4.52. The van der Waals surface area contributed by atoms with Crippen LogP contribution in [0.5, 0.6) is 5.75 Å². The Kier molecular flexibility index (Phi) is 5.70. The molecule has 4 rings (SSSR count). The van der Waals surface area contributed by atoms with Crippen LogP contribution in [0.2, 0.25) is 0 Å². The number of likely N-dealkylation sites (tertiary alicyclic amines) is 1. The number of nitrogens with zero attached hydrogens (tertiary/aromatic N) is 4. The molecule has 30 heavy (non-hydrogen) atoms. The summed E-state index contributed by atoms with van der Waals surface area (Å²) >= 11 is 0. The van der Waals surface area contributed by atoms with Crippen LogP contribution < -0.4 is 10.4 Å². The fourth-order valence-corrected chi connectivity index (χ4v) is 4.00. The van der Waals surface area contributed by atoms with Gasteiger partial charge in [0, 0.05) is 26.1 Å². The number of rotatable bonds is 5. The average molecular weight is 406 g/mol.